The Morgan fingerprint density at radius 1 is 0.696 bits per heavy atom. The summed E-state index contributed by atoms with van der Waals surface area (Å²) < 4.78 is 0. The van der Waals surface area contributed by atoms with Crippen molar-refractivity contribution >= 4 is 5.97 Å². The summed E-state index contributed by atoms with van der Waals surface area (Å²) in [4.78, 5) is 10.6. The van der Waals surface area contributed by atoms with Gasteiger partial charge in [-0.2, -0.15) is 0 Å². The van der Waals surface area contributed by atoms with Gasteiger partial charge in [-0.15, -0.1) is 0 Å². The van der Waals surface area contributed by atoms with E-state index in [4.69, 9.17) is 5.11 Å². The van der Waals surface area contributed by atoms with Crippen LogP contribution in [-0.4, -0.2) is 11.1 Å². The summed E-state index contributed by atoms with van der Waals surface area (Å²) in [5.41, 5.74) is 0.394. The molecule has 0 amide bonds. The Labute approximate surface area is 141 Å². The third kappa shape index (κ3) is 16.1. The number of rotatable bonds is 12. The Morgan fingerprint density at radius 3 is 1.39 bits per heavy atom. The van der Waals surface area contributed by atoms with Gasteiger partial charge in [-0.25, -0.2) is 4.79 Å². The Morgan fingerprint density at radius 2 is 1.04 bits per heavy atom. The van der Waals surface area contributed by atoms with Crippen LogP contribution in [0.5, 0.6) is 0 Å². The van der Waals surface area contributed by atoms with Gasteiger partial charge in [0.15, 0.2) is 0 Å². The predicted octanol–water partition coefficient (Wildman–Crippen LogP) is 6.16. The zero-order chi connectivity index (χ0) is 17.2. The monoisotopic (exact) mass is 314 g/mol. The molecule has 2 heteroatoms. The molecular formula is C21H30O2. The summed E-state index contributed by atoms with van der Waals surface area (Å²) >= 11 is 0. The maximum Gasteiger partial charge on any atom is 0.330 e. The van der Waals surface area contributed by atoms with Crippen molar-refractivity contribution in [1.29, 1.82) is 0 Å². The lowest BCUT2D eigenvalue weighted by molar-refractivity contribution is -0.132. The van der Waals surface area contributed by atoms with Gasteiger partial charge in [-0.3, -0.25) is 0 Å². The highest BCUT2D eigenvalue weighted by Gasteiger charge is 1.95. The fourth-order valence-corrected chi connectivity index (χ4v) is 1.68. The summed E-state index contributed by atoms with van der Waals surface area (Å²) in [5.74, 6) is -0.850. The van der Waals surface area contributed by atoms with Crippen LogP contribution in [0.1, 0.15) is 52.4 Å². The molecule has 0 aromatic rings. The Bertz CT molecular complexity index is 474. The lowest BCUT2D eigenvalue weighted by Crippen LogP contribution is -1.94. The first-order chi connectivity index (χ1) is 11.2. The van der Waals surface area contributed by atoms with E-state index >= 15 is 0 Å². The maximum absolute atomic E-state index is 10.6. The van der Waals surface area contributed by atoms with Crippen LogP contribution in [0.15, 0.2) is 72.4 Å². The average Bonchev–Trinajstić information content (AvgIpc) is 2.54. The molecule has 0 radical (unpaired) electrons. The van der Waals surface area contributed by atoms with Crippen LogP contribution in [0, 0.1) is 0 Å². The number of carbonyl (C=O) groups is 1. The minimum absolute atomic E-state index is 0.394. The fraction of sp³-hybridized carbons (Fsp3) is 0.381. The van der Waals surface area contributed by atoms with E-state index in [-0.39, 0.29) is 0 Å². The van der Waals surface area contributed by atoms with Gasteiger partial charge in [0.1, 0.15) is 0 Å². The minimum atomic E-state index is -0.850. The normalized spacial score (nSPS) is 13.6. The van der Waals surface area contributed by atoms with Gasteiger partial charge in [0, 0.05) is 5.57 Å². The molecule has 0 saturated heterocycles. The predicted molar refractivity (Wildman–Crippen MR) is 100 cm³/mol. The third-order valence-electron chi connectivity index (χ3n) is 3.06. The van der Waals surface area contributed by atoms with E-state index in [0.717, 1.165) is 32.1 Å². The summed E-state index contributed by atoms with van der Waals surface area (Å²) in [5, 5.41) is 8.69. The molecule has 0 rings (SSSR count). The van der Waals surface area contributed by atoms with Crippen molar-refractivity contribution in [3.05, 3.63) is 72.4 Å². The maximum atomic E-state index is 10.6. The number of aliphatic carboxylic acids is 1. The van der Waals surface area contributed by atoms with Crippen LogP contribution < -0.4 is 0 Å². The molecule has 1 N–H and O–H groups in total. The highest BCUT2D eigenvalue weighted by atomic mass is 16.4. The fourth-order valence-electron chi connectivity index (χ4n) is 1.68. The molecule has 0 fully saturated rings. The van der Waals surface area contributed by atoms with Gasteiger partial charge in [0.25, 0.3) is 0 Å². The van der Waals surface area contributed by atoms with Gasteiger partial charge >= 0.3 is 5.97 Å². The van der Waals surface area contributed by atoms with E-state index in [9.17, 15) is 4.79 Å². The van der Waals surface area contributed by atoms with E-state index in [2.05, 4.69) is 61.6 Å². The first-order valence-electron chi connectivity index (χ1n) is 8.33. The topological polar surface area (TPSA) is 37.3 Å². The molecular weight excluding hydrogens is 284 g/mol. The molecule has 0 unspecified atom stereocenters. The molecule has 0 aliphatic rings. The molecule has 0 aromatic heterocycles. The molecule has 126 valence electrons. The molecule has 0 saturated carbocycles. The van der Waals surface area contributed by atoms with Gasteiger partial charge in [-0.05, 0) is 45.4 Å². The molecule has 0 aliphatic heterocycles. The average molecular weight is 314 g/mol. The lowest BCUT2D eigenvalue weighted by atomic mass is 10.2. The highest BCUT2D eigenvalue weighted by molar-refractivity contribution is 5.85. The largest absolute Gasteiger partial charge is 0.478 e. The van der Waals surface area contributed by atoms with Crippen molar-refractivity contribution in [2.45, 2.75) is 52.4 Å². The SMILES string of the molecule is CCC=CCC=CCC=CCC=CCC=CCC=C(C)C(=O)O. The van der Waals surface area contributed by atoms with Crippen molar-refractivity contribution in [2.75, 3.05) is 0 Å². The van der Waals surface area contributed by atoms with E-state index in [1.165, 1.54) is 0 Å². The van der Waals surface area contributed by atoms with Crippen LogP contribution in [0.4, 0.5) is 0 Å². The number of carboxylic acids is 1. The lowest BCUT2D eigenvalue weighted by Gasteiger charge is -1.89. The van der Waals surface area contributed by atoms with Crippen molar-refractivity contribution in [1.82, 2.24) is 0 Å². The first kappa shape index (κ1) is 20.9. The van der Waals surface area contributed by atoms with Crippen molar-refractivity contribution in [2.24, 2.45) is 0 Å². The van der Waals surface area contributed by atoms with Crippen LogP contribution >= 0.6 is 0 Å². The summed E-state index contributed by atoms with van der Waals surface area (Å²) in [7, 11) is 0. The van der Waals surface area contributed by atoms with Crippen LogP contribution in [0.25, 0.3) is 0 Å². The van der Waals surface area contributed by atoms with Crippen LogP contribution in [-0.2, 0) is 4.79 Å². The zero-order valence-electron chi connectivity index (χ0n) is 14.4. The quantitative estimate of drug-likeness (QED) is 0.346. The van der Waals surface area contributed by atoms with Gasteiger partial charge in [0.05, 0.1) is 0 Å². The smallest absolute Gasteiger partial charge is 0.330 e. The third-order valence-corrected chi connectivity index (χ3v) is 3.06. The van der Waals surface area contributed by atoms with Gasteiger partial charge in [0.2, 0.25) is 0 Å². The van der Waals surface area contributed by atoms with E-state index < -0.39 is 5.97 Å². The Kier molecular flexibility index (Phi) is 14.8. The number of carboxylic acid groups (broad SMARTS) is 1. The van der Waals surface area contributed by atoms with Gasteiger partial charge < -0.3 is 5.11 Å². The van der Waals surface area contributed by atoms with E-state index in [1.807, 2.05) is 6.08 Å². The molecule has 0 atom stereocenters. The van der Waals surface area contributed by atoms with Crippen molar-refractivity contribution < 1.29 is 9.90 Å². The molecule has 0 spiro atoms. The highest BCUT2D eigenvalue weighted by Crippen LogP contribution is 1.98. The summed E-state index contributed by atoms with van der Waals surface area (Å²) in [6.07, 6.45) is 28.8. The molecule has 0 bridgehead atoms. The van der Waals surface area contributed by atoms with Crippen molar-refractivity contribution in [3.8, 4) is 0 Å². The molecule has 23 heavy (non-hydrogen) atoms. The second-order valence-corrected chi connectivity index (χ2v) is 5.14. The van der Waals surface area contributed by atoms with Gasteiger partial charge in [-0.1, -0.05) is 73.8 Å². The van der Waals surface area contributed by atoms with Crippen LogP contribution in [0.3, 0.4) is 0 Å². The Balaban J connectivity index is 3.64. The number of allylic oxidation sites excluding steroid dienone is 11. The first-order valence-corrected chi connectivity index (χ1v) is 8.33. The molecule has 2 nitrogen and oxygen atoms in total. The minimum Gasteiger partial charge on any atom is -0.478 e. The second-order valence-electron chi connectivity index (χ2n) is 5.14. The van der Waals surface area contributed by atoms with Crippen LogP contribution in [0.2, 0.25) is 0 Å². The Hall–Kier alpha value is -2.09. The standard InChI is InChI=1S/C21H30O2/c1-3-4-5-6-7-8-9-10-11-12-13-14-15-16-17-18-19-20(2)21(22)23/h4-5,7-8,10-11,13-14,16-17,19H,3,6,9,12,15,18H2,1-2H3,(H,22,23). The van der Waals surface area contributed by atoms with E-state index in [0.29, 0.717) is 12.0 Å². The second kappa shape index (κ2) is 16.3. The number of hydrogen-bond donors (Lipinski definition) is 1. The number of hydrogen-bond acceptors (Lipinski definition) is 1. The molecule has 0 aliphatic carbocycles. The zero-order valence-corrected chi connectivity index (χ0v) is 14.4. The van der Waals surface area contributed by atoms with Crippen molar-refractivity contribution in [3.63, 3.8) is 0 Å². The summed E-state index contributed by atoms with van der Waals surface area (Å²) in [6.45, 7) is 3.75. The van der Waals surface area contributed by atoms with E-state index in [1.54, 1.807) is 13.0 Å². The summed E-state index contributed by atoms with van der Waals surface area (Å²) in [6, 6.07) is 0. The molecule has 0 heterocycles. The molecule has 0 aromatic carbocycles.